The van der Waals surface area contributed by atoms with Gasteiger partial charge in [-0.05, 0) is 29.5 Å². The standard InChI is InChI=1S/C19H25N3OS/c1-20-19(21-11-12-24-2)22-14-17-9-6-10-18(13-17)23-15-16-7-4-3-5-8-16/h3-10,13H,11-12,14-15H2,1-2H3,(H2,20,21,22). The third-order valence-corrected chi connectivity index (χ3v) is 4.04. The number of ether oxygens (including phenoxy) is 1. The van der Waals surface area contributed by atoms with Gasteiger partial charge in [-0.2, -0.15) is 11.8 Å². The van der Waals surface area contributed by atoms with Crippen LogP contribution in [-0.2, 0) is 13.2 Å². The van der Waals surface area contributed by atoms with Crippen LogP contribution in [-0.4, -0.2) is 31.6 Å². The molecule has 5 heteroatoms. The lowest BCUT2D eigenvalue weighted by Gasteiger charge is -2.12. The molecule has 0 aliphatic carbocycles. The van der Waals surface area contributed by atoms with Crippen LogP contribution in [0.5, 0.6) is 5.75 Å². The molecule has 2 aromatic carbocycles. The van der Waals surface area contributed by atoms with Gasteiger partial charge in [0.15, 0.2) is 5.96 Å². The maximum Gasteiger partial charge on any atom is 0.191 e. The Balaban J connectivity index is 1.83. The Labute approximate surface area is 148 Å². The van der Waals surface area contributed by atoms with Gasteiger partial charge in [0.1, 0.15) is 12.4 Å². The molecule has 0 saturated heterocycles. The van der Waals surface area contributed by atoms with Gasteiger partial charge in [0.05, 0.1) is 0 Å². The first kappa shape index (κ1) is 18.2. The second-order valence-electron chi connectivity index (χ2n) is 5.27. The molecule has 0 heterocycles. The van der Waals surface area contributed by atoms with Crippen LogP contribution >= 0.6 is 11.8 Å². The van der Waals surface area contributed by atoms with Crippen molar-refractivity contribution >= 4 is 17.7 Å². The fraction of sp³-hybridized carbons (Fsp3) is 0.316. The summed E-state index contributed by atoms with van der Waals surface area (Å²) in [5.74, 6) is 2.76. The van der Waals surface area contributed by atoms with E-state index in [0.29, 0.717) is 13.2 Å². The summed E-state index contributed by atoms with van der Waals surface area (Å²) < 4.78 is 5.87. The summed E-state index contributed by atoms with van der Waals surface area (Å²) in [6.07, 6.45) is 2.10. The zero-order valence-electron chi connectivity index (χ0n) is 14.3. The molecule has 24 heavy (non-hydrogen) atoms. The number of hydrogen-bond acceptors (Lipinski definition) is 3. The van der Waals surface area contributed by atoms with E-state index in [0.717, 1.165) is 29.6 Å². The first-order chi connectivity index (χ1) is 11.8. The van der Waals surface area contributed by atoms with E-state index >= 15 is 0 Å². The van der Waals surface area contributed by atoms with E-state index in [4.69, 9.17) is 4.74 Å². The highest BCUT2D eigenvalue weighted by atomic mass is 32.2. The van der Waals surface area contributed by atoms with Crippen LogP contribution in [0.15, 0.2) is 59.6 Å². The SMILES string of the molecule is CN=C(NCCSC)NCc1cccc(OCc2ccccc2)c1. The molecule has 0 amide bonds. The van der Waals surface area contributed by atoms with Gasteiger partial charge in [-0.25, -0.2) is 0 Å². The number of benzene rings is 2. The van der Waals surface area contributed by atoms with Gasteiger partial charge in [0, 0.05) is 25.9 Å². The summed E-state index contributed by atoms with van der Waals surface area (Å²) in [4.78, 5) is 4.23. The highest BCUT2D eigenvalue weighted by Crippen LogP contribution is 2.15. The second kappa shape index (κ2) is 10.6. The van der Waals surface area contributed by atoms with Gasteiger partial charge < -0.3 is 15.4 Å². The number of aliphatic imine (C=N–C) groups is 1. The van der Waals surface area contributed by atoms with Crippen molar-refractivity contribution in [3.8, 4) is 5.75 Å². The minimum atomic E-state index is 0.579. The van der Waals surface area contributed by atoms with Crippen molar-refractivity contribution < 1.29 is 4.74 Å². The molecule has 128 valence electrons. The molecule has 0 bridgehead atoms. The van der Waals surface area contributed by atoms with Gasteiger partial charge in [-0.15, -0.1) is 0 Å². The smallest absolute Gasteiger partial charge is 0.191 e. The van der Waals surface area contributed by atoms with E-state index in [1.807, 2.05) is 42.1 Å². The van der Waals surface area contributed by atoms with Gasteiger partial charge in [0.2, 0.25) is 0 Å². The molecule has 0 fully saturated rings. The fourth-order valence-corrected chi connectivity index (χ4v) is 2.47. The maximum atomic E-state index is 5.87. The number of rotatable bonds is 8. The average Bonchev–Trinajstić information content (AvgIpc) is 2.64. The average molecular weight is 343 g/mol. The maximum absolute atomic E-state index is 5.87. The normalized spacial score (nSPS) is 11.2. The predicted molar refractivity (Wildman–Crippen MR) is 104 cm³/mol. The second-order valence-corrected chi connectivity index (χ2v) is 6.25. The lowest BCUT2D eigenvalue weighted by atomic mass is 10.2. The van der Waals surface area contributed by atoms with Crippen LogP contribution in [0.3, 0.4) is 0 Å². The molecule has 0 spiro atoms. The topological polar surface area (TPSA) is 45.7 Å². The number of hydrogen-bond donors (Lipinski definition) is 2. The minimum absolute atomic E-state index is 0.579. The molecule has 2 aromatic rings. The summed E-state index contributed by atoms with van der Waals surface area (Å²) in [5.41, 5.74) is 2.33. The Morgan fingerprint density at radius 2 is 1.83 bits per heavy atom. The van der Waals surface area contributed by atoms with Crippen LogP contribution in [0.2, 0.25) is 0 Å². The summed E-state index contributed by atoms with van der Waals surface area (Å²) in [6.45, 7) is 2.19. The molecule has 0 saturated carbocycles. The molecule has 0 aliphatic rings. The summed E-state index contributed by atoms with van der Waals surface area (Å²) >= 11 is 1.81. The summed E-state index contributed by atoms with van der Waals surface area (Å²) in [6, 6.07) is 18.3. The largest absolute Gasteiger partial charge is 0.489 e. The highest BCUT2D eigenvalue weighted by Gasteiger charge is 2.01. The molecule has 0 unspecified atom stereocenters. The number of guanidine groups is 1. The molecular formula is C19H25N3OS. The lowest BCUT2D eigenvalue weighted by molar-refractivity contribution is 0.306. The molecule has 2 N–H and O–H groups in total. The predicted octanol–water partition coefficient (Wildman–Crippen LogP) is 3.29. The molecular weight excluding hydrogens is 318 g/mol. The molecule has 4 nitrogen and oxygen atoms in total. The van der Waals surface area contributed by atoms with Crippen LogP contribution in [0.1, 0.15) is 11.1 Å². The van der Waals surface area contributed by atoms with Gasteiger partial charge in [-0.1, -0.05) is 42.5 Å². The van der Waals surface area contributed by atoms with E-state index in [1.54, 1.807) is 7.05 Å². The quantitative estimate of drug-likeness (QED) is 0.439. The van der Waals surface area contributed by atoms with E-state index in [-0.39, 0.29) is 0 Å². The minimum Gasteiger partial charge on any atom is -0.489 e. The van der Waals surface area contributed by atoms with Crippen molar-refractivity contribution in [1.29, 1.82) is 0 Å². The highest BCUT2D eigenvalue weighted by molar-refractivity contribution is 7.98. The van der Waals surface area contributed by atoms with Crippen LogP contribution in [0.25, 0.3) is 0 Å². The van der Waals surface area contributed by atoms with Crippen molar-refractivity contribution in [2.24, 2.45) is 4.99 Å². The molecule has 2 rings (SSSR count). The first-order valence-corrected chi connectivity index (χ1v) is 9.40. The van der Waals surface area contributed by atoms with Crippen LogP contribution in [0.4, 0.5) is 0 Å². The third-order valence-electron chi connectivity index (χ3n) is 3.43. The molecule has 0 aromatic heterocycles. The van der Waals surface area contributed by atoms with Gasteiger partial charge in [0.25, 0.3) is 0 Å². The number of nitrogens with one attached hydrogen (secondary N) is 2. The summed E-state index contributed by atoms with van der Waals surface area (Å²) in [5, 5.41) is 6.61. The van der Waals surface area contributed by atoms with Crippen molar-refractivity contribution in [2.45, 2.75) is 13.2 Å². The van der Waals surface area contributed by atoms with Crippen molar-refractivity contribution in [1.82, 2.24) is 10.6 Å². The first-order valence-electron chi connectivity index (χ1n) is 8.01. The van der Waals surface area contributed by atoms with Crippen molar-refractivity contribution in [3.05, 3.63) is 65.7 Å². The van der Waals surface area contributed by atoms with Gasteiger partial charge >= 0.3 is 0 Å². The van der Waals surface area contributed by atoms with Crippen LogP contribution < -0.4 is 15.4 Å². The van der Waals surface area contributed by atoms with E-state index in [1.165, 1.54) is 5.56 Å². The zero-order chi connectivity index (χ0) is 17.0. The fourth-order valence-electron chi connectivity index (χ4n) is 2.16. The molecule has 0 atom stereocenters. The summed E-state index contributed by atoms with van der Waals surface area (Å²) in [7, 11) is 1.79. The van der Waals surface area contributed by atoms with Crippen LogP contribution in [0, 0.1) is 0 Å². The zero-order valence-corrected chi connectivity index (χ0v) is 15.1. The van der Waals surface area contributed by atoms with E-state index in [2.05, 4.69) is 46.1 Å². The number of thioether (sulfide) groups is 1. The van der Waals surface area contributed by atoms with E-state index in [9.17, 15) is 0 Å². The number of nitrogens with zero attached hydrogens (tertiary/aromatic N) is 1. The Hall–Kier alpha value is -2.14. The molecule has 0 aliphatic heterocycles. The Bertz CT molecular complexity index is 632. The lowest BCUT2D eigenvalue weighted by Crippen LogP contribution is -2.37. The van der Waals surface area contributed by atoms with Crippen molar-refractivity contribution in [3.63, 3.8) is 0 Å². The Morgan fingerprint density at radius 1 is 1.04 bits per heavy atom. The Kier molecular flexibility index (Phi) is 8.04. The van der Waals surface area contributed by atoms with E-state index < -0.39 is 0 Å². The Morgan fingerprint density at radius 3 is 2.58 bits per heavy atom. The van der Waals surface area contributed by atoms with Gasteiger partial charge in [-0.3, -0.25) is 4.99 Å². The monoisotopic (exact) mass is 343 g/mol. The third kappa shape index (κ3) is 6.54. The van der Waals surface area contributed by atoms with Crippen molar-refractivity contribution in [2.75, 3.05) is 25.6 Å². The molecule has 0 radical (unpaired) electrons.